The smallest absolute Gasteiger partial charge is 0.129 e. The first-order valence-electron chi connectivity index (χ1n) is 10.1. The quantitative estimate of drug-likeness (QED) is 0.551. The first-order valence-corrected chi connectivity index (χ1v) is 10.1. The highest BCUT2D eigenvalue weighted by Gasteiger charge is 2.32. The summed E-state index contributed by atoms with van der Waals surface area (Å²) in [4.78, 5) is 4.64. The van der Waals surface area contributed by atoms with Crippen LogP contribution in [-0.4, -0.2) is 22.9 Å². The van der Waals surface area contributed by atoms with Crippen molar-refractivity contribution in [2.75, 3.05) is 13.1 Å². The van der Waals surface area contributed by atoms with E-state index in [0.29, 0.717) is 12.1 Å². The van der Waals surface area contributed by atoms with Crippen molar-refractivity contribution in [1.82, 2.24) is 9.80 Å². The highest BCUT2D eigenvalue weighted by atomic mass is 19.1. The molecule has 0 aromatic heterocycles. The van der Waals surface area contributed by atoms with Gasteiger partial charge in [0.1, 0.15) is 11.6 Å². The Labute approximate surface area is 171 Å². The molecule has 3 aromatic rings. The Bertz CT molecular complexity index is 882. The van der Waals surface area contributed by atoms with E-state index in [9.17, 15) is 8.78 Å². The first-order chi connectivity index (χ1) is 14.1. The van der Waals surface area contributed by atoms with E-state index in [1.165, 1.54) is 29.3 Å². The second-order valence-electron chi connectivity index (χ2n) is 7.80. The molecule has 1 fully saturated rings. The Balaban J connectivity index is 1.64. The van der Waals surface area contributed by atoms with Crippen molar-refractivity contribution in [3.63, 3.8) is 0 Å². The average molecular weight is 392 g/mol. The molecule has 0 radical (unpaired) electrons. The summed E-state index contributed by atoms with van der Waals surface area (Å²) >= 11 is 0. The summed E-state index contributed by atoms with van der Waals surface area (Å²) in [7, 11) is 0. The molecule has 0 aliphatic carbocycles. The van der Waals surface area contributed by atoms with Gasteiger partial charge in [-0.1, -0.05) is 60.2 Å². The maximum absolute atomic E-state index is 14.8. The number of rotatable bonds is 5. The van der Waals surface area contributed by atoms with Gasteiger partial charge in [0.05, 0.1) is 6.17 Å². The molecule has 1 atom stereocenters. The van der Waals surface area contributed by atoms with Gasteiger partial charge in [-0.15, -0.1) is 0 Å². The van der Waals surface area contributed by atoms with E-state index < -0.39 is 0 Å². The van der Waals surface area contributed by atoms with Crippen LogP contribution in [0.25, 0.3) is 0 Å². The zero-order chi connectivity index (χ0) is 20.2. The SMILES string of the molecule is Cc1ccc(CN2CCCN(Cc3ccc(F)cc3)[C@@H]2c2ccccc2F)cc1. The van der Waals surface area contributed by atoms with Crippen LogP contribution < -0.4 is 0 Å². The van der Waals surface area contributed by atoms with Crippen LogP contribution in [-0.2, 0) is 13.1 Å². The molecule has 0 amide bonds. The van der Waals surface area contributed by atoms with Gasteiger partial charge < -0.3 is 0 Å². The molecule has 0 spiro atoms. The lowest BCUT2D eigenvalue weighted by atomic mass is 10.0. The van der Waals surface area contributed by atoms with Crippen molar-refractivity contribution in [3.8, 4) is 0 Å². The van der Waals surface area contributed by atoms with Crippen LogP contribution in [0, 0.1) is 18.6 Å². The summed E-state index contributed by atoms with van der Waals surface area (Å²) in [6, 6.07) is 22.2. The normalized spacial score (nSPS) is 18.1. The van der Waals surface area contributed by atoms with Crippen molar-refractivity contribution < 1.29 is 8.78 Å². The van der Waals surface area contributed by atoms with E-state index in [4.69, 9.17) is 0 Å². The van der Waals surface area contributed by atoms with Gasteiger partial charge in [0, 0.05) is 31.7 Å². The summed E-state index contributed by atoms with van der Waals surface area (Å²) < 4.78 is 28.1. The lowest BCUT2D eigenvalue weighted by Crippen LogP contribution is -2.47. The summed E-state index contributed by atoms with van der Waals surface area (Å²) in [6.07, 6.45) is 0.856. The predicted octanol–water partition coefficient (Wildman–Crippen LogP) is 5.68. The molecule has 4 heteroatoms. The van der Waals surface area contributed by atoms with Gasteiger partial charge in [-0.25, -0.2) is 8.78 Å². The molecule has 1 saturated heterocycles. The Morgan fingerprint density at radius 1 is 0.759 bits per heavy atom. The number of nitrogens with zero attached hydrogens (tertiary/aromatic N) is 2. The van der Waals surface area contributed by atoms with E-state index in [-0.39, 0.29) is 17.8 Å². The number of hydrogen-bond donors (Lipinski definition) is 0. The summed E-state index contributed by atoms with van der Waals surface area (Å²) in [6.45, 7) is 5.29. The minimum absolute atomic E-state index is 0.156. The molecule has 0 bridgehead atoms. The molecule has 0 unspecified atom stereocenters. The molecular formula is C25H26F2N2. The fourth-order valence-electron chi connectivity index (χ4n) is 4.11. The van der Waals surface area contributed by atoms with E-state index >= 15 is 0 Å². The summed E-state index contributed by atoms with van der Waals surface area (Å²) in [5.41, 5.74) is 4.18. The van der Waals surface area contributed by atoms with Gasteiger partial charge in [0.2, 0.25) is 0 Å². The number of aryl methyl sites for hydroxylation is 1. The Morgan fingerprint density at radius 2 is 1.31 bits per heavy atom. The topological polar surface area (TPSA) is 6.48 Å². The lowest BCUT2D eigenvalue weighted by Gasteiger charge is -2.44. The van der Waals surface area contributed by atoms with Gasteiger partial charge in [-0.3, -0.25) is 9.80 Å². The molecule has 1 heterocycles. The van der Waals surface area contributed by atoms with E-state index in [1.54, 1.807) is 6.07 Å². The third-order valence-corrected chi connectivity index (χ3v) is 5.57. The number of hydrogen-bond acceptors (Lipinski definition) is 2. The van der Waals surface area contributed by atoms with E-state index in [2.05, 4.69) is 41.0 Å². The zero-order valence-corrected chi connectivity index (χ0v) is 16.7. The molecule has 29 heavy (non-hydrogen) atoms. The molecule has 1 aliphatic heterocycles. The third kappa shape index (κ3) is 4.72. The Kier molecular flexibility index (Phi) is 6.02. The van der Waals surface area contributed by atoms with Gasteiger partial charge in [-0.05, 0) is 42.7 Å². The highest BCUT2D eigenvalue weighted by Crippen LogP contribution is 2.33. The van der Waals surface area contributed by atoms with E-state index in [1.807, 2.05) is 24.3 Å². The van der Waals surface area contributed by atoms with Crippen molar-refractivity contribution in [1.29, 1.82) is 0 Å². The molecule has 1 aliphatic rings. The van der Waals surface area contributed by atoms with Gasteiger partial charge in [0.25, 0.3) is 0 Å². The molecule has 4 rings (SSSR count). The van der Waals surface area contributed by atoms with Gasteiger partial charge in [-0.2, -0.15) is 0 Å². The fourth-order valence-corrected chi connectivity index (χ4v) is 4.11. The second kappa shape index (κ2) is 8.85. The van der Waals surface area contributed by atoms with Crippen molar-refractivity contribution >= 4 is 0 Å². The van der Waals surface area contributed by atoms with Gasteiger partial charge >= 0.3 is 0 Å². The van der Waals surface area contributed by atoms with E-state index in [0.717, 1.165) is 31.6 Å². The minimum Gasteiger partial charge on any atom is -0.280 e. The standard InChI is InChI=1S/C25H26F2N2/c1-19-7-9-20(10-8-19)17-28-15-4-16-29(18-21-11-13-22(26)14-12-21)25(28)23-5-2-3-6-24(23)27/h2-3,5-14,25H,4,15-18H2,1H3/t25-/m1/s1. The van der Waals surface area contributed by atoms with Crippen LogP contribution in [0.4, 0.5) is 8.78 Å². The maximum atomic E-state index is 14.8. The average Bonchev–Trinajstić information content (AvgIpc) is 2.72. The Hall–Kier alpha value is -2.56. The van der Waals surface area contributed by atoms with Crippen LogP contribution in [0.1, 0.15) is 34.8 Å². The zero-order valence-electron chi connectivity index (χ0n) is 16.7. The number of halogens is 2. The molecule has 0 N–H and O–H groups in total. The molecule has 3 aromatic carbocycles. The predicted molar refractivity (Wildman–Crippen MR) is 112 cm³/mol. The van der Waals surface area contributed by atoms with Crippen molar-refractivity contribution in [3.05, 3.63) is 107 Å². The minimum atomic E-state index is -0.237. The molecule has 2 nitrogen and oxygen atoms in total. The third-order valence-electron chi connectivity index (χ3n) is 5.57. The van der Waals surface area contributed by atoms with Crippen molar-refractivity contribution in [2.45, 2.75) is 32.6 Å². The van der Waals surface area contributed by atoms with Crippen LogP contribution >= 0.6 is 0 Å². The Morgan fingerprint density at radius 3 is 1.90 bits per heavy atom. The van der Waals surface area contributed by atoms with Gasteiger partial charge in [0.15, 0.2) is 0 Å². The van der Waals surface area contributed by atoms with Crippen LogP contribution in [0.2, 0.25) is 0 Å². The molecule has 150 valence electrons. The lowest BCUT2D eigenvalue weighted by molar-refractivity contribution is -0.0111. The van der Waals surface area contributed by atoms with Crippen LogP contribution in [0.15, 0.2) is 72.8 Å². The maximum Gasteiger partial charge on any atom is 0.129 e. The molecule has 0 saturated carbocycles. The van der Waals surface area contributed by atoms with Crippen molar-refractivity contribution in [2.24, 2.45) is 0 Å². The van der Waals surface area contributed by atoms with Crippen LogP contribution in [0.5, 0.6) is 0 Å². The second-order valence-corrected chi connectivity index (χ2v) is 7.80. The first kappa shape index (κ1) is 19.7. The fraction of sp³-hybridized carbons (Fsp3) is 0.280. The van der Waals surface area contributed by atoms with Crippen LogP contribution in [0.3, 0.4) is 0 Å². The highest BCUT2D eigenvalue weighted by molar-refractivity contribution is 5.25. The largest absolute Gasteiger partial charge is 0.280 e. The monoisotopic (exact) mass is 392 g/mol. The molecular weight excluding hydrogens is 366 g/mol. The summed E-state index contributed by atoms with van der Waals surface area (Å²) in [5, 5.41) is 0. The number of benzene rings is 3. The summed E-state index contributed by atoms with van der Waals surface area (Å²) in [5.74, 6) is -0.420.